The molecule has 0 bridgehead atoms. The molecule has 12 heteroatoms. The van der Waals surface area contributed by atoms with Crippen molar-refractivity contribution >= 4 is 11.9 Å². The smallest absolute Gasteiger partial charge is 0.475 e. The van der Waals surface area contributed by atoms with Gasteiger partial charge in [-0.25, -0.2) is 4.79 Å². The molecule has 1 amide bonds. The minimum Gasteiger partial charge on any atom is -0.475 e. The van der Waals surface area contributed by atoms with Crippen molar-refractivity contribution in [3.8, 4) is 0 Å². The second-order valence-corrected chi connectivity index (χ2v) is 7.30. The van der Waals surface area contributed by atoms with Crippen LogP contribution in [-0.4, -0.2) is 69.0 Å². The molecule has 9 nitrogen and oxygen atoms in total. The number of likely N-dealkylation sites (tertiary alicyclic amines) is 1. The zero-order valence-corrected chi connectivity index (χ0v) is 16.6. The van der Waals surface area contributed by atoms with Gasteiger partial charge in [0.15, 0.2) is 0 Å². The Balaban J connectivity index is 0.000000339. The number of fused-ring (bicyclic) bond motifs is 1. The summed E-state index contributed by atoms with van der Waals surface area (Å²) in [5.41, 5.74) is 0.646. The normalized spacial score (nSPS) is 23.0. The number of carboxylic acid groups (broad SMARTS) is 1. The Morgan fingerprint density at radius 1 is 1.32 bits per heavy atom. The van der Waals surface area contributed by atoms with E-state index in [-0.39, 0.29) is 12.0 Å². The van der Waals surface area contributed by atoms with Crippen molar-refractivity contribution in [2.75, 3.05) is 19.7 Å². The third-order valence-electron chi connectivity index (χ3n) is 5.18. The SMILES string of the molecule is Cc1nnc(C[C@@H]2OC[C@H]3CN(C(=O)c4cccnc4)CC[C@H]32)o1.O=C(O)C(F)(F)F. The van der Waals surface area contributed by atoms with Crippen molar-refractivity contribution in [3.63, 3.8) is 0 Å². The summed E-state index contributed by atoms with van der Waals surface area (Å²) in [5.74, 6) is -0.683. The Hall–Kier alpha value is -3.02. The Labute approximate surface area is 175 Å². The quantitative estimate of drug-likeness (QED) is 0.768. The molecule has 0 saturated carbocycles. The third kappa shape index (κ3) is 5.78. The maximum absolute atomic E-state index is 12.6. The van der Waals surface area contributed by atoms with Crippen LogP contribution in [0.5, 0.6) is 0 Å². The Kier molecular flexibility index (Phi) is 6.88. The van der Waals surface area contributed by atoms with Gasteiger partial charge in [-0.05, 0) is 24.5 Å². The zero-order chi connectivity index (χ0) is 22.6. The van der Waals surface area contributed by atoms with E-state index < -0.39 is 12.1 Å². The van der Waals surface area contributed by atoms with E-state index in [0.29, 0.717) is 42.2 Å². The highest BCUT2D eigenvalue weighted by molar-refractivity contribution is 5.93. The summed E-state index contributed by atoms with van der Waals surface area (Å²) < 4.78 is 43.2. The average molecular weight is 442 g/mol. The minimum atomic E-state index is -5.08. The number of ether oxygens (including phenoxy) is 1. The molecule has 2 fully saturated rings. The Morgan fingerprint density at radius 2 is 2.06 bits per heavy atom. The van der Waals surface area contributed by atoms with E-state index >= 15 is 0 Å². The number of aryl methyl sites for hydroxylation is 1. The summed E-state index contributed by atoms with van der Waals surface area (Å²) in [5, 5.41) is 15.1. The van der Waals surface area contributed by atoms with Crippen LogP contribution in [-0.2, 0) is 16.0 Å². The van der Waals surface area contributed by atoms with Gasteiger partial charge in [0, 0.05) is 38.3 Å². The Bertz CT molecular complexity index is 905. The number of nitrogens with zero attached hydrogens (tertiary/aromatic N) is 4. The summed E-state index contributed by atoms with van der Waals surface area (Å²) in [6, 6.07) is 3.61. The van der Waals surface area contributed by atoms with E-state index in [4.69, 9.17) is 19.1 Å². The number of piperidine rings is 1. The van der Waals surface area contributed by atoms with E-state index in [1.54, 1.807) is 25.4 Å². The maximum atomic E-state index is 12.6. The zero-order valence-electron chi connectivity index (χ0n) is 16.6. The van der Waals surface area contributed by atoms with Crippen molar-refractivity contribution in [2.24, 2.45) is 11.8 Å². The molecule has 0 aromatic carbocycles. The highest BCUT2D eigenvalue weighted by Gasteiger charge is 2.42. The average Bonchev–Trinajstić information content (AvgIpc) is 3.33. The van der Waals surface area contributed by atoms with Crippen molar-refractivity contribution in [1.82, 2.24) is 20.1 Å². The molecule has 0 radical (unpaired) electrons. The molecule has 0 spiro atoms. The molecule has 2 aromatic heterocycles. The van der Waals surface area contributed by atoms with Crippen molar-refractivity contribution in [3.05, 3.63) is 41.9 Å². The van der Waals surface area contributed by atoms with Crippen LogP contribution in [0.4, 0.5) is 13.2 Å². The lowest BCUT2D eigenvalue weighted by Gasteiger charge is -2.35. The number of pyridine rings is 1. The van der Waals surface area contributed by atoms with Gasteiger partial charge >= 0.3 is 12.1 Å². The lowest BCUT2D eigenvalue weighted by molar-refractivity contribution is -0.192. The number of carboxylic acids is 1. The largest absolute Gasteiger partial charge is 0.490 e. The van der Waals surface area contributed by atoms with Crippen molar-refractivity contribution in [1.29, 1.82) is 0 Å². The number of hydrogen-bond donors (Lipinski definition) is 1. The summed E-state index contributed by atoms with van der Waals surface area (Å²) in [6.07, 6.45) is -0.0872. The number of alkyl halides is 3. The first-order valence-corrected chi connectivity index (χ1v) is 9.55. The summed E-state index contributed by atoms with van der Waals surface area (Å²) >= 11 is 0. The van der Waals surface area contributed by atoms with Crippen molar-refractivity contribution < 1.29 is 37.0 Å². The molecule has 2 aliphatic heterocycles. The number of rotatable bonds is 3. The lowest BCUT2D eigenvalue weighted by Crippen LogP contribution is -2.44. The molecule has 2 aromatic rings. The second-order valence-electron chi connectivity index (χ2n) is 7.30. The van der Waals surface area contributed by atoms with Crippen LogP contribution >= 0.6 is 0 Å². The van der Waals surface area contributed by atoms with Crippen LogP contribution in [0.15, 0.2) is 28.9 Å². The molecule has 4 heterocycles. The van der Waals surface area contributed by atoms with E-state index in [0.717, 1.165) is 19.5 Å². The molecule has 0 unspecified atom stereocenters. The van der Waals surface area contributed by atoms with E-state index in [9.17, 15) is 18.0 Å². The van der Waals surface area contributed by atoms with Gasteiger partial charge in [0.25, 0.3) is 5.91 Å². The first-order valence-electron chi connectivity index (χ1n) is 9.55. The first kappa shape index (κ1) is 22.7. The van der Waals surface area contributed by atoms with E-state index in [1.807, 2.05) is 11.0 Å². The molecule has 31 heavy (non-hydrogen) atoms. The van der Waals surface area contributed by atoms with Crippen molar-refractivity contribution in [2.45, 2.75) is 32.0 Å². The molecule has 1 N–H and O–H groups in total. The number of aromatic nitrogens is 3. The topological polar surface area (TPSA) is 119 Å². The number of carbonyl (C=O) groups is 2. The lowest BCUT2D eigenvalue weighted by atomic mass is 9.83. The van der Waals surface area contributed by atoms with Gasteiger partial charge in [-0.2, -0.15) is 13.2 Å². The summed E-state index contributed by atoms with van der Waals surface area (Å²) in [7, 11) is 0. The Morgan fingerprint density at radius 3 is 2.65 bits per heavy atom. The van der Waals surface area contributed by atoms with E-state index in [2.05, 4.69) is 15.2 Å². The fourth-order valence-corrected chi connectivity index (χ4v) is 3.75. The summed E-state index contributed by atoms with van der Waals surface area (Å²) in [6.45, 7) is 3.95. The standard InChI is InChI=1S/C17H20N4O3.C2HF3O2/c1-11-19-20-16(24-11)7-15-14-4-6-21(9-13(14)10-23-15)17(22)12-3-2-5-18-8-12;3-2(4,5)1(6)7/h2-3,5,8,13-15H,4,6-7,9-10H2,1H3;(H,6,7)/t13-,14-,15+;/m1./s1. The van der Waals surface area contributed by atoms with Crippen LogP contribution < -0.4 is 0 Å². The van der Waals surface area contributed by atoms with E-state index in [1.165, 1.54) is 0 Å². The number of halogens is 3. The molecular weight excluding hydrogens is 421 g/mol. The molecule has 4 rings (SSSR count). The van der Waals surface area contributed by atoms with Gasteiger partial charge < -0.3 is 19.2 Å². The predicted octanol–water partition coefficient (Wildman–Crippen LogP) is 2.13. The molecule has 168 valence electrons. The van der Waals surface area contributed by atoms with Crippen LogP contribution in [0.2, 0.25) is 0 Å². The maximum Gasteiger partial charge on any atom is 0.490 e. The number of amides is 1. The number of aliphatic carboxylic acids is 1. The number of hydrogen-bond acceptors (Lipinski definition) is 7. The molecular formula is C19H21F3N4O5. The minimum absolute atomic E-state index is 0.0533. The number of carbonyl (C=O) groups excluding carboxylic acids is 1. The summed E-state index contributed by atoms with van der Waals surface area (Å²) in [4.78, 5) is 27.4. The monoisotopic (exact) mass is 442 g/mol. The van der Waals surface area contributed by atoms with Gasteiger partial charge in [0.1, 0.15) is 0 Å². The molecule has 3 atom stereocenters. The predicted molar refractivity (Wildman–Crippen MR) is 97.9 cm³/mol. The van der Waals surface area contributed by atoms with Gasteiger partial charge in [0.2, 0.25) is 11.8 Å². The highest BCUT2D eigenvalue weighted by atomic mass is 19.4. The van der Waals surface area contributed by atoms with Crippen LogP contribution in [0.3, 0.4) is 0 Å². The van der Waals surface area contributed by atoms with Crippen LogP contribution in [0.25, 0.3) is 0 Å². The molecule has 0 aliphatic carbocycles. The molecule has 2 saturated heterocycles. The first-order chi connectivity index (χ1) is 14.6. The van der Waals surface area contributed by atoms with Crippen LogP contribution in [0, 0.1) is 18.8 Å². The van der Waals surface area contributed by atoms with Crippen LogP contribution in [0.1, 0.15) is 28.6 Å². The fourth-order valence-electron chi connectivity index (χ4n) is 3.75. The van der Waals surface area contributed by atoms with Gasteiger partial charge in [-0.3, -0.25) is 9.78 Å². The fraction of sp³-hybridized carbons (Fsp3) is 0.526. The third-order valence-corrected chi connectivity index (χ3v) is 5.18. The van der Waals surface area contributed by atoms with Gasteiger partial charge in [-0.1, -0.05) is 0 Å². The molecule has 2 aliphatic rings. The van der Waals surface area contributed by atoms with Gasteiger partial charge in [-0.15, -0.1) is 10.2 Å². The second kappa shape index (κ2) is 9.41. The highest BCUT2D eigenvalue weighted by Crippen LogP contribution is 2.36. The van der Waals surface area contributed by atoms with Gasteiger partial charge in [0.05, 0.1) is 24.7 Å².